The Balaban J connectivity index is 1.36. The number of carboxylic acid groups (broad SMARTS) is 1. The van der Waals surface area contributed by atoms with Gasteiger partial charge in [-0.15, -0.1) is 0 Å². The topological polar surface area (TPSA) is 68.2 Å². The number of carbonyl (C=O) groups is 1. The van der Waals surface area contributed by atoms with Crippen molar-refractivity contribution in [3.05, 3.63) is 78.4 Å². The van der Waals surface area contributed by atoms with Gasteiger partial charge in [0.05, 0.1) is 37.1 Å². The number of hydrogen-bond acceptors (Lipinski definition) is 5. The summed E-state index contributed by atoms with van der Waals surface area (Å²) in [7, 11) is 0. The molecular weight excluding hydrogens is 394 g/mol. The Kier molecular flexibility index (Phi) is 6.38. The van der Waals surface area contributed by atoms with E-state index in [4.69, 9.17) is 19.3 Å². The zero-order valence-electron chi connectivity index (χ0n) is 17.4. The van der Waals surface area contributed by atoms with Gasteiger partial charge in [0.25, 0.3) is 0 Å². The van der Waals surface area contributed by atoms with Crippen molar-refractivity contribution in [2.45, 2.75) is 19.4 Å². The molecule has 0 saturated carbocycles. The summed E-state index contributed by atoms with van der Waals surface area (Å²) >= 11 is 0. The van der Waals surface area contributed by atoms with E-state index in [0.29, 0.717) is 13.2 Å². The van der Waals surface area contributed by atoms with Gasteiger partial charge < -0.3 is 24.2 Å². The SMILES string of the molecule is C[C@H](OCCC(=O)O)c1ccc(OCCN2c3ccccc3Oc3ccccc32)cc1. The summed E-state index contributed by atoms with van der Waals surface area (Å²) in [6, 6.07) is 23.7. The Labute approximate surface area is 181 Å². The molecule has 3 aromatic carbocycles. The molecule has 1 aliphatic rings. The van der Waals surface area contributed by atoms with Crippen molar-refractivity contribution in [2.75, 3.05) is 24.7 Å². The van der Waals surface area contributed by atoms with Crippen molar-refractivity contribution in [1.29, 1.82) is 0 Å². The second-order valence-corrected chi connectivity index (χ2v) is 7.26. The second kappa shape index (κ2) is 9.53. The number of ether oxygens (including phenoxy) is 3. The molecule has 0 amide bonds. The Morgan fingerprint density at radius 1 is 0.935 bits per heavy atom. The van der Waals surface area contributed by atoms with Gasteiger partial charge >= 0.3 is 5.97 Å². The van der Waals surface area contributed by atoms with Crippen molar-refractivity contribution < 1.29 is 24.1 Å². The summed E-state index contributed by atoms with van der Waals surface area (Å²) in [6.45, 7) is 3.28. The lowest BCUT2D eigenvalue weighted by atomic mass is 10.1. The number of carboxylic acids is 1. The number of rotatable bonds is 9. The molecule has 1 atom stereocenters. The highest BCUT2D eigenvalue weighted by Gasteiger charge is 2.23. The molecule has 0 saturated heterocycles. The summed E-state index contributed by atoms with van der Waals surface area (Å²) in [5.41, 5.74) is 3.02. The van der Waals surface area contributed by atoms with Gasteiger partial charge in [-0.2, -0.15) is 0 Å². The third-order valence-electron chi connectivity index (χ3n) is 5.15. The average molecular weight is 419 g/mol. The molecule has 1 N–H and O–H groups in total. The fraction of sp³-hybridized carbons (Fsp3) is 0.240. The predicted octanol–water partition coefficient (Wildman–Crippen LogP) is 5.56. The lowest BCUT2D eigenvalue weighted by Gasteiger charge is -2.32. The van der Waals surface area contributed by atoms with Gasteiger partial charge in [0.1, 0.15) is 12.4 Å². The molecule has 31 heavy (non-hydrogen) atoms. The van der Waals surface area contributed by atoms with Crippen LogP contribution in [-0.4, -0.2) is 30.8 Å². The molecule has 0 unspecified atom stereocenters. The normalized spacial score (nSPS) is 13.0. The Morgan fingerprint density at radius 2 is 1.55 bits per heavy atom. The predicted molar refractivity (Wildman–Crippen MR) is 119 cm³/mol. The summed E-state index contributed by atoms with van der Waals surface area (Å²) in [5, 5.41) is 8.71. The van der Waals surface area contributed by atoms with Gasteiger partial charge in [0, 0.05) is 0 Å². The van der Waals surface area contributed by atoms with Crippen LogP contribution in [0.5, 0.6) is 17.2 Å². The van der Waals surface area contributed by atoms with E-state index in [1.54, 1.807) is 0 Å². The minimum absolute atomic E-state index is 0.000663. The number of para-hydroxylation sites is 4. The smallest absolute Gasteiger partial charge is 0.305 e. The van der Waals surface area contributed by atoms with Gasteiger partial charge in [-0.1, -0.05) is 36.4 Å². The first-order chi connectivity index (χ1) is 15.1. The van der Waals surface area contributed by atoms with Crippen LogP contribution in [-0.2, 0) is 9.53 Å². The fourth-order valence-corrected chi connectivity index (χ4v) is 3.53. The zero-order valence-corrected chi connectivity index (χ0v) is 17.4. The third kappa shape index (κ3) is 4.98. The standard InChI is InChI=1S/C25H25NO5/c1-18(29-16-14-25(27)28)19-10-12-20(13-11-19)30-17-15-26-21-6-2-4-8-23(21)31-24-9-5-3-7-22(24)26/h2-13,18H,14-17H2,1H3,(H,27,28)/t18-/m0/s1. The number of anilines is 2. The molecule has 6 nitrogen and oxygen atoms in total. The maximum absolute atomic E-state index is 10.6. The first kappa shape index (κ1) is 20.8. The van der Waals surface area contributed by atoms with E-state index in [-0.39, 0.29) is 19.1 Å². The number of fused-ring (bicyclic) bond motifs is 2. The Hall–Kier alpha value is -3.51. The van der Waals surface area contributed by atoms with Crippen molar-refractivity contribution in [3.8, 4) is 17.2 Å². The highest BCUT2D eigenvalue weighted by Crippen LogP contribution is 2.45. The van der Waals surface area contributed by atoms with Crippen LogP contribution in [0.15, 0.2) is 72.8 Å². The van der Waals surface area contributed by atoms with Crippen LogP contribution >= 0.6 is 0 Å². The highest BCUT2D eigenvalue weighted by atomic mass is 16.5. The first-order valence-electron chi connectivity index (χ1n) is 10.3. The maximum Gasteiger partial charge on any atom is 0.305 e. The lowest BCUT2D eigenvalue weighted by Crippen LogP contribution is -2.26. The van der Waals surface area contributed by atoms with Gasteiger partial charge in [0.15, 0.2) is 11.5 Å². The van der Waals surface area contributed by atoms with Crippen molar-refractivity contribution in [1.82, 2.24) is 0 Å². The average Bonchev–Trinajstić information content (AvgIpc) is 2.78. The Bertz CT molecular complexity index is 989. The molecule has 0 spiro atoms. The first-order valence-corrected chi connectivity index (χ1v) is 10.3. The number of benzene rings is 3. The molecule has 1 heterocycles. The van der Waals surface area contributed by atoms with Crippen molar-refractivity contribution in [2.24, 2.45) is 0 Å². The number of nitrogens with zero attached hydrogens (tertiary/aromatic N) is 1. The van der Waals surface area contributed by atoms with Gasteiger partial charge in [-0.05, 0) is 48.9 Å². The molecule has 0 radical (unpaired) electrons. The van der Waals surface area contributed by atoms with Crippen LogP contribution in [0.3, 0.4) is 0 Å². The molecule has 1 aliphatic heterocycles. The Morgan fingerprint density at radius 3 is 2.16 bits per heavy atom. The van der Waals surface area contributed by atoms with E-state index >= 15 is 0 Å². The number of hydrogen-bond donors (Lipinski definition) is 1. The minimum Gasteiger partial charge on any atom is -0.492 e. The molecule has 6 heteroatoms. The van der Waals surface area contributed by atoms with E-state index in [0.717, 1.165) is 34.2 Å². The van der Waals surface area contributed by atoms with Crippen LogP contribution < -0.4 is 14.4 Å². The van der Waals surface area contributed by atoms with Gasteiger partial charge in [-0.25, -0.2) is 0 Å². The molecule has 0 aliphatic carbocycles. The third-order valence-corrected chi connectivity index (χ3v) is 5.15. The van der Waals surface area contributed by atoms with Crippen LogP contribution in [0.2, 0.25) is 0 Å². The summed E-state index contributed by atoms with van der Waals surface area (Å²) in [5.74, 6) is 1.59. The molecule has 4 rings (SSSR count). The monoisotopic (exact) mass is 419 g/mol. The maximum atomic E-state index is 10.6. The molecule has 0 fully saturated rings. The van der Waals surface area contributed by atoms with Gasteiger partial charge in [0.2, 0.25) is 0 Å². The van der Waals surface area contributed by atoms with Crippen molar-refractivity contribution in [3.63, 3.8) is 0 Å². The van der Waals surface area contributed by atoms with Crippen molar-refractivity contribution >= 4 is 17.3 Å². The van der Waals surface area contributed by atoms with E-state index in [1.165, 1.54) is 0 Å². The summed E-state index contributed by atoms with van der Waals surface area (Å²) in [4.78, 5) is 12.8. The lowest BCUT2D eigenvalue weighted by molar-refractivity contribution is -0.138. The molecular formula is C25H25NO5. The highest BCUT2D eigenvalue weighted by molar-refractivity contribution is 5.77. The van der Waals surface area contributed by atoms with E-state index in [1.807, 2.05) is 79.7 Å². The second-order valence-electron chi connectivity index (χ2n) is 7.26. The van der Waals surface area contributed by atoms with Gasteiger partial charge in [-0.3, -0.25) is 4.79 Å². The molecule has 0 bridgehead atoms. The number of aliphatic carboxylic acids is 1. The molecule has 160 valence electrons. The quantitative estimate of drug-likeness (QED) is 0.490. The van der Waals surface area contributed by atoms with Crippen LogP contribution in [0, 0.1) is 0 Å². The van der Waals surface area contributed by atoms with E-state index < -0.39 is 5.97 Å². The largest absolute Gasteiger partial charge is 0.492 e. The van der Waals surface area contributed by atoms with Crippen LogP contribution in [0.1, 0.15) is 25.0 Å². The summed E-state index contributed by atoms with van der Waals surface area (Å²) < 4.78 is 17.6. The van der Waals surface area contributed by atoms with Crippen LogP contribution in [0.4, 0.5) is 11.4 Å². The van der Waals surface area contributed by atoms with E-state index in [2.05, 4.69) is 4.90 Å². The summed E-state index contributed by atoms with van der Waals surface area (Å²) in [6.07, 6.45) is -0.172. The fourth-order valence-electron chi connectivity index (χ4n) is 3.53. The molecule has 3 aromatic rings. The van der Waals surface area contributed by atoms with E-state index in [9.17, 15) is 4.79 Å². The van der Waals surface area contributed by atoms with Crippen LogP contribution in [0.25, 0.3) is 0 Å². The minimum atomic E-state index is -0.860. The molecule has 0 aromatic heterocycles. The zero-order chi connectivity index (χ0) is 21.6.